The molecule has 14 heteroatoms. The third-order valence-electron chi connectivity index (χ3n) is 10.8. The van der Waals surface area contributed by atoms with Crippen LogP contribution in [0.25, 0.3) is 10.9 Å². The van der Waals surface area contributed by atoms with Crippen LogP contribution in [0.5, 0.6) is 0 Å². The number of carboxylic acid groups (broad SMARTS) is 1. The number of fused-ring (bicyclic) bond motifs is 1. The normalized spacial score (nSPS) is 22.9. The Morgan fingerprint density at radius 1 is 1.00 bits per heavy atom. The van der Waals surface area contributed by atoms with E-state index in [0.717, 1.165) is 10.9 Å². The SMILES string of the molecule is Cn1cc(C(=O)Nc2cc(Cl)c(CC(=O)N3C[C@@H](N4CCN(C(=O)C(C)(C)F)CC4)C[C@H]3COC3CCC(C(=O)O)CC3)cc2Cl)c2ccccc21. The Bertz CT molecular complexity index is 1830. The molecule has 3 aromatic rings. The van der Waals surface area contributed by atoms with Crippen molar-refractivity contribution in [2.45, 2.75) is 76.2 Å². The lowest BCUT2D eigenvalue weighted by Crippen LogP contribution is -2.55. The van der Waals surface area contributed by atoms with Crippen molar-refractivity contribution in [2.24, 2.45) is 13.0 Å². The van der Waals surface area contributed by atoms with Gasteiger partial charge in [-0.1, -0.05) is 41.4 Å². The minimum atomic E-state index is -1.93. The summed E-state index contributed by atoms with van der Waals surface area (Å²) in [7, 11) is 1.87. The van der Waals surface area contributed by atoms with Gasteiger partial charge < -0.3 is 29.5 Å². The number of para-hydroxylation sites is 1. The number of aliphatic carboxylic acids is 1. The van der Waals surface area contributed by atoms with Crippen LogP contribution >= 0.6 is 23.2 Å². The molecule has 1 saturated carbocycles. The summed E-state index contributed by atoms with van der Waals surface area (Å²) in [6.07, 6.45) is 4.76. The van der Waals surface area contributed by atoms with Crippen LogP contribution in [0, 0.1) is 5.92 Å². The minimum absolute atomic E-state index is 0.0154. The number of benzene rings is 2. The lowest BCUT2D eigenvalue weighted by atomic mass is 9.87. The summed E-state index contributed by atoms with van der Waals surface area (Å²) < 4.78 is 22.6. The number of alkyl halides is 1. The number of ether oxygens (including phenoxy) is 1. The first kappa shape index (κ1) is 38.0. The number of rotatable bonds is 10. The van der Waals surface area contributed by atoms with E-state index in [1.807, 2.05) is 40.8 Å². The zero-order valence-corrected chi connectivity index (χ0v) is 31.3. The lowest BCUT2D eigenvalue weighted by Gasteiger charge is -2.39. The number of nitrogens with one attached hydrogen (secondary N) is 1. The van der Waals surface area contributed by atoms with Crippen molar-refractivity contribution in [2.75, 3.05) is 44.6 Å². The first-order chi connectivity index (χ1) is 24.7. The standard InChI is InChI=1S/C38H46Cl2FN5O6/c1-38(2,41)37(51)45-14-12-44(13-15-45)25-18-26(22-52-27-10-8-23(9-11-27)36(49)50)46(20-25)34(47)17-24-16-31(40)32(19-30(24)39)42-35(48)29-21-43(3)33-7-5-4-6-28(29)33/h4-7,16,19,21,23,25-27H,8-15,17-18,20,22H2,1-3H3,(H,42,48)(H,49,50)/t23?,25-,26-,27?/m0/s1. The highest BCUT2D eigenvalue weighted by Crippen LogP contribution is 2.33. The zero-order valence-electron chi connectivity index (χ0n) is 29.7. The molecule has 0 radical (unpaired) electrons. The Morgan fingerprint density at radius 2 is 1.69 bits per heavy atom. The molecule has 11 nitrogen and oxygen atoms in total. The van der Waals surface area contributed by atoms with Crippen LogP contribution in [0.15, 0.2) is 42.6 Å². The fourth-order valence-corrected chi connectivity index (χ4v) is 8.27. The van der Waals surface area contributed by atoms with Crippen molar-refractivity contribution in [1.29, 1.82) is 0 Å². The molecule has 2 aliphatic heterocycles. The van der Waals surface area contributed by atoms with Crippen molar-refractivity contribution in [3.05, 3.63) is 63.8 Å². The lowest BCUT2D eigenvalue weighted by molar-refractivity contribution is -0.144. The van der Waals surface area contributed by atoms with Gasteiger partial charge in [0, 0.05) is 67.9 Å². The van der Waals surface area contributed by atoms with Gasteiger partial charge in [-0.2, -0.15) is 0 Å². The Hall–Kier alpha value is -3.71. The van der Waals surface area contributed by atoms with Gasteiger partial charge in [0.2, 0.25) is 5.91 Å². The first-order valence-electron chi connectivity index (χ1n) is 17.9. The van der Waals surface area contributed by atoms with Gasteiger partial charge in [-0.15, -0.1) is 0 Å². The number of nitrogens with zero attached hydrogens (tertiary/aromatic N) is 4. The molecule has 52 heavy (non-hydrogen) atoms. The van der Waals surface area contributed by atoms with Crippen molar-refractivity contribution >= 4 is 63.5 Å². The van der Waals surface area contributed by atoms with E-state index in [1.54, 1.807) is 23.2 Å². The highest BCUT2D eigenvalue weighted by atomic mass is 35.5. The van der Waals surface area contributed by atoms with Gasteiger partial charge in [-0.3, -0.25) is 24.1 Å². The molecule has 3 amide bonds. The van der Waals surface area contributed by atoms with E-state index < -0.39 is 17.5 Å². The van der Waals surface area contributed by atoms with E-state index in [2.05, 4.69) is 10.2 Å². The smallest absolute Gasteiger partial charge is 0.306 e. The monoisotopic (exact) mass is 757 g/mol. The number of likely N-dealkylation sites (tertiary alicyclic amines) is 1. The van der Waals surface area contributed by atoms with Gasteiger partial charge in [0.1, 0.15) is 0 Å². The largest absolute Gasteiger partial charge is 0.481 e. The summed E-state index contributed by atoms with van der Waals surface area (Å²) >= 11 is 13.4. The van der Waals surface area contributed by atoms with E-state index in [9.17, 15) is 28.7 Å². The maximum absolute atomic E-state index is 14.4. The Labute approximate surface area is 312 Å². The fraction of sp³-hybridized carbons (Fsp3) is 0.526. The topological polar surface area (TPSA) is 124 Å². The summed E-state index contributed by atoms with van der Waals surface area (Å²) in [5.74, 6) is -2.13. The second-order valence-corrected chi connectivity index (χ2v) is 15.6. The summed E-state index contributed by atoms with van der Waals surface area (Å²) in [4.78, 5) is 56.9. The number of aryl methyl sites for hydroxylation is 1. The average Bonchev–Trinajstić information content (AvgIpc) is 3.70. The zero-order chi connectivity index (χ0) is 37.3. The average molecular weight is 759 g/mol. The second-order valence-electron chi connectivity index (χ2n) is 14.8. The molecule has 2 N–H and O–H groups in total. The molecule has 2 atom stereocenters. The van der Waals surface area contributed by atoms with E-state index >= 15 is 0 Å². The van der Waals surface area contributed by atoms with Crippen molar-refractivity contribution in [3.8, 4) is 0 Å². The Morgan fingerprint density at radius 3 is 2.37 bits per heavy atom. The van der Waals surface area contributed by atoms with Gasteiger partial charge in [-0.25, -0.2) is 4.39 Å². The molecule has 2 saturated heterocycles. The minimum Gasteiger partial charge on any atom is -0.481 e. The van der Waals surface area contributed by atoms with Gasteiger partial charge in [-0.05, 0) is 69.7 Å². The van der Waals surface area contributed by atoms with Gasteiger partial charge >= 0.3 is 5.97 Å². The van der Waals surface area contributed by atoms with Gasteiger partial charge in [0.05, 0.1) is 47.4 Å². The molecule has 3 heterocycles. The van der Waals surface area contributed by atoms with E-state index in [-0.39, 0.29) is 47.4 Å². The van der Waals surface area contributed by atoms with Crippen molar-refractivity contribution in [1.82, 2.24) is 19.3 Å². The number of hydrogen-bond acceptors (Lipinski definition) is 6. The third-order valence-corrected chi connectivity index (χ3v) is 11.4. The van der Waals surface area contributed by atoms with Crippen LogP contribution in [0.2, 0.25) is 10.0 Å². The molecule has 280 valence electrons. The maximum Gasteiger partial charge on any atom is 0.306 e. The molecular weight excluding hydrogens is 712 g/mol. The number of anilines is 1. The molecule has 0 spiro atoms. The van der Waals surface area contributed by atoms with Crippen molar-refractivity contribution in [3.63, 3.8) is 0 Å². The predicted molar refractivity (Wildman–Crippen MR) is 198 cm³/mol. The number of hydrogen-bond donors (Lipinski definition) is 2. The Balaban J connectivity index is 1.13. The number of carbonyl (C=O) groups excluding carboxylic acids is 3. The van der Waals surface area contributed by atoms with Crippen LogP contribution in [0.4, 0.5) is 10.1 Å². The summed E-state index contributed by atoms with van der Waals surface area (Å²) in [5.41, 5.74) is 0.337. The van der Waals surface area contributed by atoms with Crippen molar-refractivity contribution < 1.29 is 33.4 Å². The maximum atomic E-state index is 14.4. The second kappa shape index (κ2) is 15.7. The van der Waals surface area contributed by atoms with Crippen LogP contribution < -0.4 is 5.32 Å². The van der Waals surface area contributed by atoms with Gasteiger partial charge in [0.15, 0.2) is 5.67 Å². The fourth-order valence-electron chi connectivity index (χ4n) is 7.81. The summed E-state index contributed by atoms with van der Waals surface area (Å²) in [6.45, 7) is 5.25. The summed E-state index contributed by atoms with van der Waals surface area (Å²) in [6, 6.07) is 10.6. The first-order valence-corrected chi connectivity index (χ1v) is 18.6. The van der Waals surface area contributed by atoms with Crippen LogP contribution in [0.1, 0.15) is 61.9 Å². The highest BCUT2D eigenvalue weighted by Gasteiger charge is 2.41. The highest BCUT2D eigenvalue weighted by molar-refractivity contribution is 6.36. The Kier molecular flexibility index (Phi) is 11.5. The summed E-state index contributed by atoms with van der Waals surface area (Å²) in [5, 5.41) is 13.6. The predicted octanol–water partition coefficient (Wildman–Crippen LogP) is 5.80. The molecule has 3 fully saturated rings. The number of aromatic nitrogens is 1. The van der Waals surface area contributed by atoms with Crippen LogP contribution in [0.3, 0.4) is 0 Å². The van der Waals surface area contributed by atoms with E-state index in [0.29, 0.717) is 93.3 Å². The quantitative estimate of drug-likeness (QED) is 0.268. The number of piperazine rings is 1. The van der Waals surface area contributed by atoms with Gasteiger partial charge in [0.25, 0.3) is 11.8 Å². The van der Waals surface area contributed by atoms with Crippen LogP contribution in [-0.2, 0) is 32.6 Å². The molecule has 0 unspecified atom stereocenters. The number of amides is 3. The number of halogens is 3. The molecule has 1 aromatic heterocycles. The molecular formula is C38H46Cl2FN5O6. The van der Waals surface area contributed by atoms with Crippen LogP contribution in [-0.4, -0.2) is 111 Å². The molecule has 1 aliphatic carbocycles. The molecule has 0 bridgehead atoms. The van der Waals surface area contributed by atoms with E-state index in [4.69, 9.17) is 27.9 Å². The molecule has 2 aromatic carbocycles. The molecule has 6 rings (SSSR count). The number of carboxylic acids is 1. The molecule has 3 aliphatic rings. The number of carbonyl (C=O) groups is 4. The van der Waals surface area contributed by atoms with E-state index in [1.165, 1.54) is 13.8 Å². The third kappa shape index (κ3) is 8.40.